The number of piperidine rings is 1. The molecule has 2 rings (SSSR count). The van der Waals surface area contributed by atoms with Gasteiger partial charge in [-0.3, -0.25) is 0 Å². The van der Waals surface area contributed by atoms with E-state index in [-0.39, 0.29) is 0 Å². The van der Waals surface area contributed by atoms with Crippen LogP contribution in [0.4, 0.5) is 0 Å². The van der Waals surface area contributed by atoms with Crippen LogP contribution in [0.15, 0.2) is 18.2 Å². The molecule has 1 aliphatic rings. The highest BCUT2D eigenvalue weighted by molar-refractivity contribution is 5.32. The summed E-state index contributed by atoms with van der Waals surface area (Å²) in [7, 11) is 0. The molecule has 0 amide bonds. The molecule has 1 aromatic rings. The number of hydrogen-bond donors (Lipinski definition) is 1. The third-order valence-electron chi connectivity index (χ3n) is 3.93. The van der Waals surface area contributed by atoms with Crippen molar-refractivity contribution in [1.29, 1.82) is 0 Å². The molecule has 1 aliphatic heterocycles. The van der Waals surface area contributed by atoms with Gasteiger partial charge in [-0.2, -0.15) is 0 Å². The minimum atomic E-state index is 0.709. The Hall–Kier alpha value is -0.820. The Morgan fingerprint density at radius 1 is 1.12 bits per heavy atom. The van der Waals surface area contributed by atoms with Gasteiger partial charge in [-0.1, -0.05) is 38.5 Å². The smallest absolute Gasteiger partial charge is 0.0107 e. The highest BCUT2D eigenvalue weighted by atomic mass is 14.9. The van der Waals surface area contributed by atoms with Gasteiger partial charge in [0.25, 0.3) is 0 Å². The van der Waals surface area contributed by atoms with Crippen LogP contribution in [0.1, 0.15) is 49.8 Å². The van der Waals surface area contributed by atoms with E-state index in [0.717, 1.165) is 12.8 Å². The van der Waals surface area contributed by atoms with E-state index < -0.39 is 0 Å². The van der Waals surface area contributed by atoms with Gasteiger partial charge in [0.1, 0.15) is 0 Å². The maximum Gasteiger partial charge on any atom is 0.0107 e. The van der Waals surface area contributed by atoms with E-state index in [4.69, 9.17) is 0 Å². The van der Waals surface area contributed by atoms with Crippen LogP contribution in [0.5, 0.6) is 0 Å². The molecule has 94 valence electrons. The van der Waals surface area contributed by atoms with Crippen LogP contribution in [0.25, 0.3) is 0 Å². The molecule has 1 heteroatoms. The standard InChI is InChI=1S/C16H25N/c1-3-14-9-8-13(11-15(14)4-2)12-16-7-5-6-10-17-16/h8-9,11,16-17H,3-7,10,12H2,1-2H3. The van der Waals surface area contributed by atoms with E-state index >= 15 is 0 Å². The molecule has 1 aromatic carbocycles. The summed E-state index contributed by atoms with van der Waals surface area (Å²) in [4.78, 5) is 0. The van der Waals surface area contributed by atoms with Crippen LogP contribution in [0.2, 0.25) is 0 Å². The summed E-state index contributed by atoms with van der Waals surface area (Å²) in [5, 5.41) is 3.63. The molecule has 1 fully saturated rings. The van der Waals surface area contributed by atoms with Crippen molar-refractivity contribution in [3.05, 3.63) is 34.9 Å². The van der Waals surface area contributed by atoms with Gasteiger partial charge in [0.2, 0.25) is 0 Å². The Morgan fingerprint density at radius 2 is 1.94 bits per heavy atom. The second-order valence-corrected chi connectivity index (χ2v) is 5.16. The molecule has 1 unspecified atom stereocenters. The van der Waals surface area contributed by atoms with E-state index in [2.05, 4.69) is 37.4 Å². The first kappa shape index (κ1) is 12.6. The van der Waals surface area contributed by atoms with Crippen molar-refractivity contribution < 1.29 is 0 Å². The molecule has 17 heavy (non-hydrogen) atoms. The van der Waals surface area contributed by atoms with E-state index in [1.807, 2.05) is 0 Å². The third-order valence-corrected chi connectivity index (χ3v) is 3.93. The molecule has 1 N–H and O–H groups in total. The van der Waals surface area contributed by atoms with Crippen molar-refractivity contribution in [2.45, 2.75) is 58.4 Å². The summed E-state index contributed by atoms with van der Waals surface area (Å²) in [6.45, 7) is 5.71. The predicted molar refractivity (Wildman–Crippen MR) is 74.5 cm³/mol. The number of rotatable bonds is 4. The van der Waals surface area contributed by atoms with Crippen LogP contribution in [0.3, 0.4) is 0 Å². The first-order valence-corrected chi connectivity index (χ1v) is 7.17. The maximum atomic E-state index is 3.63. The Morgan fingerprint density at radius 3 is 2.59 bits per heavy atom. The highest BCUT2D eigenvalue weighted by Crippen LogP contribution is 2.17. The van der Waals surface area contributed by atoms with Gasteiger partial charge in [-0.25, -0.2) is 0 Å². The summed E-state index contributed by atoms with van der Waals surface area (Å²) >= 11 is 0. The third kappa shape index (κ3) is 3.32. The molecular formula is C16H25N. The van der Waals surface area contributed by atoms with Crippen molar-refractivity contribution in [1.82, 2.24) is 5.32 Å². The average Bonchev–Trinajstić information content (AvgIpc) is 2.40. The SMILES string of the molecule is CCc1ccc(CC2CCCCN2)cc1CC. The van der Waals surface area contributed by atoms with Crippen molar-refractivity contribution in [3.63, 3.8) is 0 Å². The van der Waals surface area contributed by atoms with Gasteiger partial charge in [-0.05, 0) is 55.3 Å². The Bertz CT molecular complexity index is 351. The molecule has 0 radical (unpaired) electrons. The lowest BCUT2D eigenvalue weighted by atomic mass is 9.94. The molecular weight excluding hydrogens is 206 g/mol. The van der Waals surface area contributed by atoms with Gasteiger partial charge < -0.3 is 5.32 Å². The lowest BCUT2D eigenvalue weighted by Crippen LogP contribution is -2.35. The van der Waals surface area contributed by atoms with Crippen molar-refractivity contribution in [2.24, 2.45) is 0 Å². The van der Waals surface area contributed by atoms with Crippen molar-refractivity contribution >= 4 is 0 Å². The van der Waals surface area contributed by atoms with E-state index in [1.54, 1.807) is 5.56 Å². The number of aryl methyl sites for hydroxylation is 2. The minimum absolute atomic E-state index is 0.709. The zero-order chi connectivity index (χ0) is 12.1. The minimum Gasteiger partial charge on any atom is -0.314 e. The van der Waals surface area contributed by atoms with E-state index in [0.29, 0.717) is 6.04 Å². The Labute approximate surface area is 106 Å². The summed E-state index contributed by atoms with van der Waals surface area (Å²) in [6.07, 6.45) is 7.62. The fraction of sp³-hybridized carbons (Fsp3) is 0.625. The van der Waals surface area contributed by atoms with E-state index in [1.165, 1.54) is 43.4 Å². The van der Waals surface area contributed by atoms with Crippen LogP contribution in [-0.2, 0) is 19.3 Å². The Balaban J connectivity index is 2.05. The highest BCUT2D eigenvalue weighted by Gasteiger charge is 2.13. The van der Waals surface area contributed by atoms with Crippen molar-refractivity contribution in [2.75, 3.05) is 6.54 Å². The summed E-state index contributed by atoms with van der Waals surface area (Å²) < 4.78 is 0. The quantitative estimate of drug-likeness (QED) is 0.836. The topological polar surface area (TPSA) is 12.0 Å². The average molecular weight is 231 g/mol. The van der Waals surface area contributed by atoms with Gasteiger partial charge in [-0.15, -0.1) is 0 Å². The fourth-order valence-electron chi connectivity index (χ4n) is 2.86. The number of nitrogens with one attached hydrogen (secondary N) is 1. The van der Waals surface area contributed by atoms with Crippen molar-refractivity contribution in [3.8, 4) is 0 Å². The first-order chi connectivity index (χ1) is 8.33. The van der Waals surface area contributed by atoms with Gasteiger partial charge >= 0.3 is 0 Å². The molecule has 1 saturated heterocycles. The molecule has 0 saturated carbocycles. The summed E-state index contributed by atoms with van der Waals surface area (Å²) in [5.41, 5.74) is 4.58. The fourth-order valence-corrected chi connectivity index (χ4v) is 2.86. The molecule has 0 aromatic heterocycles. The number of benzene rings is 1. The normalized spacial score (nSPS) is 20.5. The van der Waals surface area contributed by atoms with Crippen LogP contribution in [-0.4, -0.2) is 12.6 Å². The van der Waals surface area contributed by atoms with Crippen LogP contribution < -0.4 is 5.32 Å². The molecule has 1 heterocycles. The lowest BCUT2D eigenvalue weighted by Gasteiger charge is -2.23. The lowest BCUT2D eigenvalue weighted by molar-refractivity contribution is 0.399. The summed E-state index contributed by atoms with van der Waals surface area (Å²) in [5.74, 6) is 0. The zero-order valence-electron chi connectivity index (χ0n) is 11.3. The Kier molecular flexibility index (Phi) is 4.61. The van der Waals surface area contributed by atoms with Crippen LogP contribution >= 0.6 is 0 Å². The molecule has 0 aliphatic carbocycles. The summed E-state index contributed by atoms with van der Waals surface area (Å²) in [6, 6.07) is 7.79. The molecule has 0 spiro atoms. The number of hydrogen-bond acceptors (Lipinski definition) is 1. The second kappa shape index (κ2) is 6.20. The van der Waals surface area contributed by atoms with Gasteiger partial charge in [0.15, 0.2) is 0 Å². The molecule has 0 bridgehead atoms. The first-order valence-electron chi connectivity index (χ1n) is 7.17. The monoisotopic (exact) mass is 231 g/mol. The van der Waals surface area contributed by atoms with Gasteiger partial charge in [0, 0.05) is 6.04 Å². The molecule has 1 atom stereocenters. The second-order valence-electron chi connectivity index (χ2n) is 5.16. The van der Waals surface area contributed by atoms with E-state index in [9.17, 15) is 0 Å². The maximum absolute atomic E-state index is 3.63. The largest absolute Gasteiger partial charge is 0.314 e. The zero-order valence-corrected chi connectivity index (χ0v) is 11.3. The predicted octanol–water partition coefficient (Wildman–Crippen LogP) is 3.50. The van der Waals surface area contributed by atoms with Gasteiger partial charge in [0.05, 0.1) is 0 Å². The van der Waals surface area contributed by atoms with Crippen LogP contribution in [0, 0.1) is 0 Å². The molecule has 1 nitrogen and oxygen atoms in total.